The molecule has 0 unspecified atom stereocenters. The zero-order chi connectivity index (χ0) is 23.6. The highest BCUT2D eigenvalue weighted by molar-refractivity contribution is 9.10. The summed E-state index contributed by atoms with van der Waals surface area (Å²) in [4.78, 5) is 12.6. The summed E-state index contributed by atoms with van der Waals surface area (Å²) in [7, 11) is 0. The lowest BCUT2D eigenvalue weighted by Crippen LogP contribution is -2.13. The molecule has 0 radical (unpaired) electrons. The van der Waals surface area contributed by atoms with Gasteiger partial charge in [-0.1, -0.05) is 40.0 Å². The number of nitrogens with zero attached hydrogens (tertiary/aromatic N) is 1. The number of carbonyl (C=O) groups excluding carboxylic acids is 1. The molecule has 0 heterocycles. The van der Waals surface area contributed by atoms with E-state index in [4.69, 9.17) is 15.9 Å². The van der Waals surface area contributed by atoms with Crippen LogP contribution in [0, 0.1) is 23.7 Å². The van der Waals surface area contributed by atoms with Crippen LogP contribution in [0.15, 0.2) is 81.2 Å². The third kappa shape index (κ3) is 7.25. The largest absolute Gasteiger partial charge is 0.489 e. The molecule has 164 valence electrons. The highest BCUT2D eigenvalue weighted by Crippen LogP contribution is 2.27. The summed E-state index contributed by atoms with van der Waals surface area (Å²) in [5, 5.41) is 12.2. The Labute approximate surface area is 209 Å². The molecule has 0 fully saturated rings. The van der Waals surface area contributed by atoms with Gasteiger partial charge < -0.3 is 14.8 Å². The van der Waals surface area contributed by atoms with E-state index in [9.17, 15) is 10.1 Å². The third-order valence-corrected chi connectivity index (χ3v) is 5.52. The summed E-state index contributed by atoms with van der Waals surface area (Å²) in [6, 6.07) is 22.0. The molecule has 0 aliphatic heterocycles. The van der Waals surface area contributed by atoms with Gasteiger partial charge in [0.15, 0.2) is 0 Å². The Morgan fingerprint density at radius 2 is 1.76 bits per heavy atom. The quantitative estimate of drug-likeness (QED) is 0.196. The number of hydrogen-bond acceptors (Lipinski definition) is 4. The van der Waals surface area contributed by atoms with Crippen LogP contribution in [0.25, 0.3) is 6.08 Å². The lowest BCUT2D eigenvalue weighted by atomic mass is 10.1. The van der Waals surface area contributed by atoms with Gasteiger partial charge in [-0.25, -0.2) is 0 Å². The van der Waals surface area contributed by atoms with Gasteiger partial charge in [-0.15, -0.1) is 6.42 Å². The number of nitrogens with one attached hydrogen (secondary N) is 1. The number of benzene rings is 3. The fourth-order valence-electron chi connectivity index (χ4n) is 2.74. The molecule has 7 heteroatoms. The zero-order valence-corrected chi connectivity index (χ0v) is 20.5. The van der Waals surface area contributed by atoms with Gasteiger partial charge in [0.1, 0.15) is 36.4 Å². The van der Waals surface area contributed by atoms with E-state index in [1.807, 2.05) is 30.3 Å². The monoisotopic (exact) mass is 564 g/mol. The molecule has 1 N–H and O–H groups in total. The van der Waals surface area contributed by atoms with E-state index in [1.165, 1.54) is 6.08 Å². The van der Waals surface area contributed by atoms with Crippen LogP contribution in [-0.2, 0) is 11.4 Å². The average Bonchev–Trinajstić information content (AvgIpc) is 2.82. The molecule has 0 atom stereocenters. The standard InChI is InChI=1S/C26H18Br2N2O3/c1-2-13-32-25-12-5-19(15-24(25)28)14-20(16-29)26(31)30-22-8-10-23(11-9-22)33-17-18-3-6-21(27)7-4-18/h1,3-12,14-15H,13,17H2,(H,30,31)/b20-14+. The maximum absolute atomic E-state index is 12.6. The van der Waals surface area contributed by atoms with Crippen LogP contribution in [0.3, 0.4) is 0 Å². The van der Waals surface area contributed by atoms with E-state index in [0.717, 1.165) is 10.0 Å². The summed E-state index contributed by atoms with van der Waals surface area (Å²) >= 11 is 6.80. The van der Waals surface area contributed by atoms with Gasteiger partial charge >= 0.3 is 0 Å². The Balaban J connectivity index is 1.62. The maximum atomic E-state index is 12.6. The van der Waals surface area contributed by atoms with Gasteiger partial charge in [0, 0.05) is 10.2 Å². The summed E-state index contributed by atoms with van der Waals surface area (Å²) in [6.07, 6.45) is 6.70. The maximum Gasteiger partial charge on any atom is 0.266 e. The van der Waals surface area contributed by atoms with E-state index in [2.05, 4.69) is 43.1 Å². The molecule has 0 bridgehead atoms. The number of nitriles is 1. The normalized spacial score (nSPS) is 10.6. The number of rotatable bonds is 8. The van der Waals surface area contributed by atoms with Crippen LogP contribution in [0.1, 0.15) is 11.1 Å². The van der Waals surface area contributed by atoms with Crippen molar-refractivity contribution in [3.05, 3.63) is 92.4 Å². The van der Waals surface area contributed by atoms with Crippen molar-refractivity contribution < 1.29 is 14.3 Å². The van der Waals surface area contributed by atoms with Crippen molar-refractivity contribution in [3.8, 4) is 29.9 Å². The van der Waals surface area contributed by atoms with Crippen LogP contribution in [0.2, 0.25) is 0 Å². The van der Waals surface area contributed by atoms with Crippen molar-refractivity contribution >= 4 is 49.5 Å². The minimum atomic E-state index is -0.509. The first-order valence-electron chi connectivity index (χ1n) is 9.75. The van der Waals surface area contributed by atoms with Crippen LogP contribution in [0.5, 0.6) is 11.5 Å². The molecule has 0 saturated carbocycles. The van der Waals surface area contributed by atoms with E-state index in [1.54, 1.807) is 42.5 Å². The molecule has 0 aliphatic carbocycles. The zero-order valence-electron chi connectivity index (χ0n) is 17.3. The second-order valence-electron chi connectivity index (χ2n) is 6.75. The van der Waals surface area contributed by atoms with Crippen LogP contribution in [-0.4, -0.2) is 12.5 Å². The highest BCUT2D eigenvalue weighted by atomic mass is 79.9. The van der Waals surface area contributed by atoms with Gasteiger partial charge in [-0.05, 0) is 81.7 Å². The van der Waals surface area contributed by atoms with Crippen molar-refractivity contribution in [3.63, 3.8) is 0 Å². The summed E-state index contributed by atoms with van der Waals surface area (Å²) in [5.74, 6) is 3.14. The Hall–Kier alpha value is -3.52. The van der Waals surface area contributed by atoms with Crippen LogP contribution >= 0.6 is 31.9 Å². The van der Waals surface area contributed by atoms with Gasteiger partial charge in [-0.2, -0.15) is 5.26 Å². The first-order valence-corrected chi connectivity index (χ1v) is 11.3. The highest BCUT2D eigenvalue weighted by Gasteiger charge is 2.11. The lowest BCUT2D eigenvalue weighted by molar-refractivity contribution is -0.112. The first-order chi connectivity index (χ1) is 16.0. The first kappa shape index (κ1) is 24.1. The molecular weight excluding hydrogens is 548 g/mol. The van der Waals surface area contributed by atoms with E-state index in [0.29, 0.717) is 33.8 Å². The summed E-state index contributed by atoms with van der Waals surface area (Å²) in [5.41, 5.74) is 2.23. The third-order valence-electron chi connectivity index (χ3n) is 4.37. The summed E-state index contributed by atoms with van der Waals surface area (Å²) < 4.78 is 12.8. The molecule has 0 aliphatic rings. The SMILES string of the molecule is C#CCOc1ccc(/C=C(\C#N)C(=O)Nc2ccc(OCc3ccc(Br)cc3)cc2)cc1Br. The molecule has 0 aromatic heterocycles. The molecule has 33 heavy (non-hydrogen) atoms. The van der Waals surface area contributed by atoms with Gasteiger partial charge in [0.25, 0.3) is 5.91 Å². The van der Waals surface area contributed by atoms with Crippen LogP contribution < -0.4 is 14.8 Å². The smallest absolute Gasteiger partial charge is 0.266 e. The number of hydrogen-bond donors (Lipinski definition) is 1. The van der Waals surface area contributed by atoms with Crippen molar-refractivity contribution in [1.29, 1.82) is 5.26 Å². The molecule has 3 aromatic carbocycles. The van der Waals surface area contributed by atoms with Gasteiger partial charge in [0.05, 0.1) is 4.47 Å². The predicted octanol–water partition coefficient (Wildman–Crippen LogP) is 6.35. The Morgan fingerprint density at radius 3 is 2.39 bits per heavy atom. The minimum absolute atomic E-state index is 0.0326. The van der Waals surface area contributed by atoms with E-state index >= 15 is 0 Å². The average molecular weight is 566 g/mol. The molecule has 1 amide bonds. The Bertz CT molecular complexity index is 1240. The number of amides is 1. The predicted molar refractivity (Wildman–Crippen MR) is 136 cm³/mol. The molecule has 5 nitrogen and oxygen atoms in total. The van der Waals surface area contributed by atoms with Crippen molar-refractivity contribution in [2.24, 2.45) is 0 Å². The number of ether oxygens (including phenoxy) is 2. The molecule has 3 aromatic rings. The van der Waals surface area contributed by atoms with Crippen LogP contribution in [0.4, 0.5) is 5.69 Å². The second kappa shape index (κ2) is 11.9. The fourth-order valence-corrected chi connectivity index (χ4v) is 3.51. The number of halogens is 2. The van der Waals surface area contributed by atoms with E-state index < -0.39 is 5.91 Å². The number of carbonyl (C=O) groups is 1. The fraction of sp³-hybridized carbons (Fsp3) is 0.0769. The Kier molecular flexibility index (Phi) is 8.71. The second-order valence-corrected chi connectivity index (χ2v) is 8.52. The minimum Gasteiger partial charge on any atom is -0.489 e. The molecule has 0 saturated heterocycles. The molecular formula is C26H18Br2N2O3. The Morgan fingerprint density at radius 1 is 1.03 bits per heavy atom. The molecule has 0 spiro atoms. The van der Waals surface area contributed by atoms with Gasteiger partial charge in [-0.3, -0.25) is 4.79 Å². The topological polar surface area (TPSA) is 71.3 Å². The van der Waals surface area contributed by atoms with E-state index in [-0.39, 0.29) is 12.2 Å². The summed E-state index contributed by atoms with van der Waals surface area (Å²) in [6.45, 7) is 0.579. The van der Waals surface area contributed by atoms with Crippen molar-refractivity contribution in [1.82, 2.24) is 0 Å². The molecule has 3 rings (SSSR count). The number of terminal acetylenes is 1. The van der Waals surface area contributed by atoms with Crippen molar-refractivity contribution in [2.75, 3.05) is 11.9 Å². The number of anilines is 1. The lowest BCUT2D eigenvalue weighted by Gasteiger charge is -2.09. The van der Waals surface area contributed by atoms with Crippen molar-refractivity contribution in [2.45, 2.75) is 6.61 Å². The van der Waals surface area contributed by atoms with Gasteiger partial charge in [0.2, 0.25) is 0 Å².